The van der Waals surface area contributed by atoms with E-state index in [9.17, 15) is 0 Å². The molecule has 0 nitrogen and oxygen atoms in total. The van der Waals surface area contributed by atoms with Gasteiger partial charge in [0, 0.05) is 0 Å². The van der Waals surface area contributed by atoms with E-state index in [4.69, 9.17) is 0 Å². The molecule has 0 fully saturated rings. The Morgan fingerprint density at radius 1 is 0.895 bits per heavy atom. The summed E-state index contributed by atoms with van der Waals surface area (Å²) < 4.78 is 1.14. The molecule has 0 saturated heterocycles. The molecule has 0 unspecified atom stereocenters. The molecular formula is C17H24Br2. The van der Waals surface area contributed by atoms with Crippen molar-refractivity contribution in [2.24, 2.45) is 0 Å². The van der Waals surface area contributed by atoms with Crippen LogP contribution in [0.4, 0.5) is 0 Å². The molecule has 1 aromatic rings. The van der Waals surface area contributed by atoms with Crippen molar-refractivity contribution in [3.8, 4) is 0 Å². The molecule has 0 spiro atoms. The molecule has 0 aliphatic carbocycles. The van der Waals surface area contributed by atoms with Gasteiger partial charge in [0.2, 0.25) is 0 Å². The molecule has 0 amide bonds. The summed E-state index contributed by atoms with van der Waals surface area (Å²) in [4.78, 5) is 0. The standard InChI is InChI=1S/C17H24Br2/c1-2-3-4-5-6-10-13-16(17(18)19)14-15-11-8-7-9-12-15/h7-9,11-12H,2-6,10,13-14H2,1H3. The van der Waals surface area contributed by atoms with Crippen LogP contribution < -0.4 is 0 Å². The third-order valence-corrected chi connectivity index (χ3v) is 4.48. The zero-order valence-corrected chi connectivity index (χ0v) is 15.0. The maximum atomic E-state index is 3.59. The average Bonchev–Trinajstić information content (AvgIpc) is 2.42. The molecule has 0 atom stereocenters. The number of allylic oxidation sites excluding steroid dienone is 1. The van der Waals surface area contributed by atoms with Gasteiger partial charge >= 0.3 is 0 Å². The van der Waals surface area contributed by atoms with Crippen molar-refractivity contribution in [2.75, 3.05) is 0 Å². The highest BCUT2D eigenvalue weighted by Gasteiger charge is 2.04. The summed E-state index contributed by atoms with van der Waals surface area (Å²) >= 11 is 7.18. The molecule has 0 N–H and O–H groups in total. The molecule has 0 bridgehead atoms. The fourth-order valence-electron chi connectivity index (χ4n) is 2.21. The van der Waals surface area contributed by atoms with Crippen molar-refractivity contribution in [3.05, 3.63) is 44.9 Å². The first kappa shape index (κ1) is 17.0. The summed E-state index contributed by atoms with van der Waals surface area (Å²) in [6.07, 6.45) is 10.4. The van der Waals surface area contributed by atoms with Crippen molar-refractivity contribution < 1.29 is 0 Å². The van der Waals surface area contributed by atoms with Crippen LogP contribution in [0.3, 0.4) is 0 Å². The Bertz CT molecular complexity index is 364. The Morgan fingerprint density at radius 2 is 1.53 bits per heavy atom. The minimum atomic E-state index is 1.04. The molecule has 0 aliphatic heterocycles. The van der Waals surface area contributed by atoms with Gasteiger partial charge in [0.1, 0.15) is 0 Å². The van der Waals surface area contributed by atoms with E-state index in [-0.39, 0.29) is 0 Å². The van der Waals surface area contributed by atoms with Crippen molar-refractivity contribution in [1.29, 1.82) is 0 Å². The zero-order chi connectivity index (χ0) is 13.9. The van der Waals surface area contributed by atoms with E-state index < -0.39 is 0 Å². The summed E-state index contributed by atoms with van der Waals surface area (Å²) in [6.45, 7) is 2.27. The molecule has 0 saturated carbocycles. The highest BCUT2D eigenvalue weighted by Crippen LogP contribution is 2.26. The molecule has 0 heterocycles. The normalized spacial score (nSPS) is 10.5. The van der Waals surface area contributed by atoms with E-state index in [0.29, 0.717) is 0 Å². The minimum Gasteiger partial charge on any atom is -0.0654 e. The number of rotatable bonds is 9. The Hall–Kier alpha value is -0.0800. The second-order valence-electron chi connectivity index (χ2n) is 5.04. The summed E-state index contributed by atoms with van der Waals surface area (Å²) in [7, 11) is 0. The first-order valence-corrected chi connectivity index (χ1v) is 8.89. The van der Waals surface area contributed by atoms with Crippen LogP contribution in [-0.2, 0) is 6.42 Å². The van der Waals surface area contributed by atoms with Gasteiger partial charge in [-0.1, -0.05) is 69.4 Å². The van der Waals surface area contributed by atoms with E-state index in [1.807, 2.05) is 0 Å². The van der Waals surface area contributed by atoms with Crippen LogP contribution in [0.25, 0.3) is 0 Å². The van der Waals surface area contributed by atoms with E-state index >= 15 is 0 Å². The topological polar surface area (TPSA) is 0 Å². The molecule has 0 aliphatic rings. The SMILES string of the molecule is CCCCCCCCC(Cc1ccccc1)=C(Br)Br. The lowest BCUT2D eigenvalue weighted by Gasteiger charge is -2.09. The maximum Gasteiger partial charge on any atom is 0.0599 e. The minimum absolute atomic E-state index is 1.04. The van der Waals surface area contributed by atoms with Gasteiger partial charge < -0.3 is 0 Å². The summed E-state index contributed by atoms with van der Waals surface area (Å²) in [5, 5.41) is 0. The number of hydrogen-bond acceptors (Lipinski definition) is 0. The summed E-state index contributed by atoms with van der Waals surface area (Å²) in [6, 6.07) is 10.7. The Morgan fingerprint density at radius 3 is 2.16 bits per heavy atom. The molecule has 106 valence electrons. The largest absolute Gasteiger partial charge is 0.0654 e. The molecular weight excluding hydrogens is 364 g/mol. The Kier molecular flexibility index (Phi) is 9.54. The van der Waals surface area contributed by atoms with E-state index in [1.54, 1.807) is 0 Å². The van der Waals surface area contributed by atoms with Gasteiger partial charge in [-0.3, -0.25) is 0 Å². The van der Waals surface area contributed by atoms with Crippen LogP contribution in [0, 0.1) is 0 Å². The predicted octanol–water partition coefficient (Wildman–Crippen LogP) is 6.98. The molecule has 2 heteroatoms. The smallest absolute Gasteiger partial charge is 0.0599 e. The molecule has 1 rings (SSSR count). The van der Waals surface area contributed by atoms with Crippen LogP contribution in [0.1, 0.15) is 57.4 Å². The van der Waals surface area contributed by atoms with E-state index in [2.05, 4.69) is 69.1 Å². The second-order valence-corrected chi connectivity index (χ2v) is 7.69. The fourth-order valence-corrected chi connectivity index (χ4v) is 2.89. The van der Waals surface area contributed by atoms with Crippen LogP contribution in [0.2, 0.25) is 0 Å². The molecule has 0 aromatic heterocycles. The maximum absolute atomic E-state index is 3.59. The van der Waals surface area contributed by atoms with Crippen molar-refractivity contribution in [3.63, 3.8) is 0 Å². The van der Waals surface area contributed by atoms with Crippen LogP contribution in [-0.4, -0.2) is 0 Å². The van der Waals surface area contributed by atoms with Gasteiger partial charge in [-0.05, 0) is 62.3 Å². The molecule has 0 radical (unpaired) electrons. The van der Waals surface area contributed by atoms with Crippen LogP contribution in [0.5, 0.6) is 0 Å². The van der Waals surface area contributed by atoms with Crippen molar-refractivity contribution >= 4 is 31.9 Å². The van der Waals surface area contributed by atoms with Gasteiger partial charge in [-0.15, -0.1) is 0 Å². The van der Waals surface area contributed by atoms with Gasteiger partial charge in [0.05, 0.1) is 3.39 Å². The summed E-state index contributed by atoms with van der Waals surface area (Å²) in [5.41, 5.74) is 2.86. The van der Waals surface area contributed by atoms with Gasteiger partial charge in [0.15, 0.2) is 0 Å². The number of benzene rings is 1. The van der Waals surface area contributed by atoms with Gasteiger partial charge in [0.25, 0.3) is 0 Å². The Balaban J connectivity index is 2.33. The third-order valence-electron chi connectivity index (χ3n) is 3.36. The van der Waals surface area contributed by atoms with Crippen LogP contribution >= 0.6 is 31.9 Å². The number of halogens is 2. The van der Waals surface area contributed by atoms with Crippen molar-refractivity contribution in [1.82, 2.24) is 0 Å². The zero-order valence-electron chi connectivity index (χ0n) is 11.8. The van der Waals surface area contributed by atoms with E-state index in [0.717, 1.165) is 9.81 Å². The highest BCUT2D eigenvalue weighted by atomic mass is 79.9. The number of unbranched alkanes of at least 4 members (excludes halogenated alkanes) is 5. The predicted molar refractivity (Wildman–Crippen MR) is 93.0 cm³/mol. The van der Waals surface area contributed by atoms with E-state index in [1.165, 1.54) is 56.1 Å². The highest BCUT2D eigenvalue weighted by molar-refractivity contribution is 9.28. The molecule has 1 aromatic carbocycles. The average molecular weight is 388 g/mol. The quantitative estimate of drug-likeness (QED) is 0.401. The number of hydrogen-bond donors (Lipinski definition) is 0. The summed E-state index contributed by atoms with van der Waals surface area (Å²) in [5.74, 6) is 0. The molecule has 19 heavy (non-hydrogen) atoms. The van der Waals surface area contributed by atoms with Gasteiger partial charge in [-0.25, -0.2) is 0 Å². The van der Waals surface area contributed by atoms with Gasteiger partial charge in [-0.2, -0.15) is 0 Å². The first-order chi connectivity index (χ1) is 9.24. The first-order valence-electron chi connectivity index (χ1n) is 7.31. The lowest BCUT2D eigenvalue weighted by Crippen LogP contribution is -1.92. The monoisotopic (exact) mass is 386 g/mol. The second kappa shape index (κ2) is 10.7. The van der Waals surface area contributed by atoms with Crippen molar-refractivity contribution in [2.45, 2.75) is 58.3 Å². The van der Waals surface area contributed by atoms with Crippen LogP contribution in [0.15, 0.2) is 39.3 Å². The Labute approximate surface area is 134 Å². The lowest BCUT2D eigenvalue weighted by atomic mass is 10.0. The lowest BCUT2D eigenvalue weighted by molar-refractivity contribution is 0.604. The fraction of sp³-hybridized carbons (Fsp3) is 0.529. The third kappa shape index (κ3) is 7.94.